The summed E-state index contributed by atoms with van der Waals surface area (Å²) >= 11 is 0. The number of carbonyl (C=O) groups is 2. The molecule has 1 aliphatic carbocycles. The zero-order valence-electron chi connectivity index (χ0n) is 10.2. The van der Waals surface area contributed by atoms with Gasteiger partial charge in [-0.2, -0.15) is 5.26 Å². The first-order chi connectivity index (χ1) is 8.09. The van der Waals surface area contributed by atoms with Crippen LogP contribution in [0.25, 0.3) is 0 Å². The predicted molar refractivity (Wildman–Crippen MR) is 61.7 cm³/mol. The van der Waals surface area contributed by atoms with Crippen LogP contribution in [0.15, 0.2) is 0 Å². The van der Waals surface area contributed by atoms with Crippen molar-refractivity contribution < 1.29 is 9.59 Å². The van der Waals surface area contributed by atoms with Crippen LogP contribution in [-0.2, 0) is 9.59 Å². The highest BCUT2D eigenvalue weighted by Gasteiger charge is 2.46. The molecule has 0 spiro atoms. The molecule has 0 aromatic carbocycles. The molecule has 4 heteroatoms. The van der Waals surface area contributed by atoms with Gasteiger partial charge in [-0.3, -0.25) is 14.5 Å². The summed E-state index contributed by atoms with van der Waals surface area (Å²) in [6.45, 7) is 2.15. The first kappa shape index (κ1) is 12.1. The van der Waals surface area contributed by atoms with Gasteiger partial charge in [0, 0.05) is 12.8 Å². The zero-order valence-corrected chi connectivity index (χ0v) is 10.2. The van der Waals surface area contributed by atoms with E-state index in [0.29, 0.717) is 38.0 Å². The van der Waals surface area contributed by atoms with Crippen LogP contribution in [0.3, 0.4) is 0 Å². The molecule has 1 heterocycles. The van der Waals surface area contributed by atoms with Crippen molar-refractivity contribution in [3.63, 3.8) is 0 Å². The van der Waals surface area contributed by atoms with Crippen molar-refractivity contribution in [2.45, 2.75) is 57.4 Å². The second-order valence-corrected chi connectivity index (χ2v) is 5.30. The van der Waals surface area contributed by atoms with E-state index < -0.39 is 5.54 Å². The summed E-state index contributed by atoms with van der Waals surface area (Å²) < 4.78 is 0. The van der Waals surface area contributed by atoms with Crippen molar-refractivity contribution in [2.24, 2.45) is 5.92 Å². The van der Waals surface area contributed by atoms with E-state index in [1.165, 1.54) is 4.90 Å². The van der Waals surface area contributed by atoms with Gasteiger partial charge in [0.25, 0.3) is 0 Å². The number of amides is 2. The van der Waals surface area contributed by atoms with Gasteiger partial charge in [0.05, 0.1) is 6.07 Å². The van der Waals surface area contributed by atoms with Gasteiger partial charge in [0.15, 0.2) is 0 Å². The van der Waals surface area contributed by atoms with Gasteiger partial charge in [0.2, 0.25) is 11.8 Å². The summed E-state index contributed by atoms with van der Waals surface area (Å²) in [6, 6.07) is 2.25. The number of nitrogens with zero attached hydrogens (tertiary/aromatic N) is 2. The highest BCUT2D eigenvalue weighted by Crippen LogP contribution is 2.38. The maximum atomic E-state index is 11.9. The van der Waals surface area contributed by atoms with E-state index in [0.717, 1.165) is 12.8 Å². The Balaban J connectivity index is 2.25. The third-order valence-corrected chi connectivity index (χ3v) is 4.02. The lowest BCUT2D eigenvalue weighted by Crippen LogP contribution is -2.56. The van der Waals surface area contributed by atoms with Gasteiger partial charge in [-0.25, -0.2) is 0 Å². The number of rotatable bonds is 1. The average Bonchev–Trinajstić information content (AvgIpc) is 2.32. The van der Waals surface area contributed by atoms with Gasteiger partial charge in [-0.15, -0.1) is 0 Å². The van der Waals surface area contributed by atoms with Gasteiger partial charge in [0.1, 0.15) is 5.54 Å². The summed E-state index contributed by atoms with van der Waals surface area (Å²) in [7, 11) is 0. The Morgan fingerprint density at radius 2 is 1.76 bits per heavy atom. The molecule has 0 N–H and O–H groups in total. The van der Waals surface area contributed by atoms with E-state index in [1.54, 1.807) is 0 Å². The number of hydrogen-bond acceptors (Lipinski definition) is 3. The van der Waals surface area contributed by atoms with Crippen LogP contribution in [0.5, 0.6) is 0 Å². The molecular weight excluding hydrogens is 216 g/mol. The minimum Gasteiger partial charge on any atom is -0.274 e. The van der Waals surface area contributed by atoms with Crippen LogP contribution in [0, 0.1) is 17.2 Å². The summed E-state index contributed by atoms with van der Waals surface area (Å²) in [5.74, 6) is 0.279. The van der Waals surface area contributed by atoms with Crippen molar-refractivity contribution in [1.82, 2.24) is 4.90 Å². The second-order valence-electron chi connectivity index (χ2n) is 5.30. The van der Waals surface area contributed by atoms with E-state index >= 15 is 0 Å². The fourth-order valence-corrected chi connectivity index (χ4v) is 2.86. The molecule has 1 aliphatic heterocycles. The van der Waals surface area contributed by atoms with Crippen molar-refractivity contribution >= 4 is 11.8 Å². The monoisotopic (exact) mass is 234 g/mol. The molecule has 0 aromatic heterocycles. The lowest BCUT2D eigenvalue weighted by Gasteiger charge is -2.42. The Kier molecular flexibility index (Phi) is 3.19. The van der Waals surface area contributed by atoms with E-state index in [4.69, 9.17) is 0 Å². The largest absolute Gasteiger partial charge is 0.274 e. The lowest BCUT2D eigenvalue weighted by molar-refractivity contribution is -0.155. The first-order valence-corrected chi connectivity index (χ1v) is 6.36. The van der Waals surface area contributed by atoms with Gasteiger partial charge in [-0.1, -0.05) is 6.92 Å². The Bertz CT molecular complexity index is 359. The van der Waals surface area contributed by atoms with Gasteiger partial charge < -0.3 is 0 Å². The Morgan fingerprint density at radius 1 is 1.24 bits per heavy atom. The van der Waals surface area contributed by atoms with Crippen LogP contribution in [0.1, 0.15) is 51.9 Å². The van der Waals surface area contributed by atoms with Crippen molar-refractivity contribution in [3.8, 4) is 6.07 Å². The van der Waals surface area contributed by atoms with Gasteiger partial charge >= 0.3 is 0 Å². The normalized spacial score (nSPS) is 34.6. The molecular formula is C13H18N2O2. The first-order valence-electron chi connectivity index (χ1n) is 6.36. The van der Waals surface area contributed by atoms with Crippen LogP contribution < -0.4 is 0 Å². The zero-order chi connectivity index (χ0) is 12.5. The minimum atomic E-state index is -0.846. The van der Waals surface area contributed by atoms with Gasteiger partial charge in [-0.05, 0) is 38.0 Å². The summed E-state index contributed by atoms with van der Waals surface area (Å²) in [5, 5.41) is 9.42. The number of hydrogen-bond donors (Lipinski definition) is 0. The smallest absolute Gasteiger partial charge is 0.230 e. The Labute approximate surface area is 102 Å². The summed E-state index contributed by atoms with van der Waals surface area (Å²) in [5.41, 5.74) is -0.846. The molecule has 0 atom stereocenters. The second kappa shape index (κ2) is 4.48. The molecule has 1 saturated heterocycles. The molecule has 17 heavy (non-hydrogen) atoms. The van der Waals surface area contributed by atoms with E-state index in [-0.39, 0.29) is 11.8 Å². The van der Waals surface area contributed by atoms with Crippen molar-refractivity contribution in [3.05, 3.63) is 0 Å². The summed E-state index contributed by atoms with van der Waals surface area (Å²) in [4.78, 5) is 25.1. The number of likely N-dealkylation sites (tertiary alicyclic amines) is 1. The minimum absolute atomic E-state index is 0.155. The molecule has 2 rings (SSSR count). The summed E-state index contributed by atoms with van der Waals surface area (Å²) in [6.07, 6.45) is 4.57. The maximum absolute atomic E-state index is 11.9. The molecule has 2 aliphatic rings. The van der Waals surface area contributed by atoms with Crippen LogP contribution >= 0.6 is 0 Å². The Morgan fingerprint density at radius 3 is 2.24 bits per heavy atom. The van der Waals surface area contributed by atoms with E-state index in [1.807, 2.05) is 0 Å². The standard InChI is InChI=1S/C13H18N2O2/c1-10-5-7-13(9-14,8-6-10)15-11(16)3-2-4-12(15)17/h10H,2-8H2,1H3. The number of nitriles is 1. The van der Waals surface area contributed by atoms with Crippen molar-refractivity contribution in [1.29, 1.82) is 5.26 Å². The van der Waals surface area contributed by atoms with Crippen LogP contribution in [-0.4, -0.2) is 22.3 Å². The highest BCUT2D eigenvalue weighted by atomic mass is 16.2. The fraction of sp³-hybridized carbons (Fsp3) is 0.769. The highest BCUT2D eigenvalue weighted by molar-refractivity contribution is 5.98. The molecule has 2 fully saturated rings. The number of carbonyl (C=O) groups excluding carboxylic acids is 2. The average molecular weight is 234 g/mol. The SMILES string of the molecule is CC1CCC(C#N)(N2C(=O)CCCC2=O)CC1. The number of piperidine rings is 1. The van der Waals surface area contributed by atoms with Crippen LogP contribution in [0.2, 0.25) is 0 Å². The molecule has 92 valence electrons. The molecule has 2 amide bonds. The molecule has 0 aromatic rings. The molecule has 4 nitrogen and oxygen atoms in total. The third-order valence-electron chi connectivity index (χ3n) is 4.02. The van der Waals surface area contributed by atoms with Crippen molar-refractivity contribution in [2.75, 3.05) is 0 Å². The third kappa shape index (κ3) is 2.06. The molecule has 0 bridgehead atoms. The fourth-order valence-electron chi connectivity index (χ4n) is 2.86. The molecule has 0 radical (unpaired) electrons. The molecule has 1 saturated carbocycles. The number of imide groups is 1. The quantitative estimate of drug-likeness (QED) is 0.652. The molecule has 0 unspecified atom stereocenters. The lowest BCUT2D eigenvalue weighted by atomic mass is 9.76. The topological polar surface area (TPSA) is 61.2 Å². The van der Waals surface area contributed by atoms with E-state index in [9.17, 15) is 14.9 Å². The predicted octanol–water partition coefficient (Wildman–Crippen LogP) is 2.00. The Hall–Kier alpha value is -1.37. The van der Waals surface area contributed by atoms with Crippen LogP contribution in [0.4, 0.5) is 0 Å². The maximum Gasteiger partial charge on any atom is 0.230 e. The van der Waals surface area contributed by atoms with E-state index in [2.05, 4.69) is 13.0 Å².